The average Bonchev–Trinajstić information content (AvgIpc) is 2.94. The van der Waals surface area contributed by atoms with E-state index >= 15 is 0 Å². The van der Waals surface area contributed by atoms with Crippen molar-refractivity contribution in [3.8, 4) is 0 Å². The first-order chi connectivity index (χ1) is 11.7. The van der Waals surface area contributed by atoms with E-state index in [1.165, 1.54) is 6.07 Å². The van der Waals surface area contributed by atoms with Gasteiger partial charge in [0.15, 0.2) is 0 Å². The second kappa shape index (κ2) is 6.83. The van der Waals surface area contributed by atoms with Gasteiger partial charge in [-0.2, -0.15) is 24.9 Å². The summed E-state index contributed by atoms with van der Waals surface area (Å²) in [7, 11) is 0. The van der Waals surface area contributed by atoms with Crippen molar-refractivity contribution in [1.82, 2.24) is 4.90 Å². The number of amides is 1. The molecule has 3 rings (SSSR count). The molecule has 1 aliphatic heterocycles. The molecule has 0 unspecified atom stereocenters. The van der Waals surface area contributed by atoms with Gasteiger partial charge in [0.1, 0.15) is 0 Å². The van der Waals surface area contributed by atoms with Crippen LogP contribution in [0.4, 0.5) is 13.2 Å². The van der Waals surface area contributed by atoms with Crippen LogP contribution in [0, 0.1) is 5.41 Å². The minimum absolute atomic E-state index is 0.0324. The fourth-order valence-corrected chi connectivity index (χ4v) is 5.01. The Morgan fingerprint density at radius 1 is 1.40 bits per heavy atom. The smallest absolute Gasteiger partial charge is 0.338 e. The SMILES string of the molecule is CSC[C@]1(C(=O)N2CCc3ccc(C(F)(F)F)cc3C2)CC[C@@H](N)C1. The molecule has 7 heteroatoms. The van der Waals surface area contributed by atoms with Crippen LogP contribution in [-0.4, -0.2) is 35.4 Å². The van der Waals surface area contributed by atoms with Gasteiger partial charge in [0, 0.05) is 24.9 Å². The number of rotatable bonds is 3. The maximum Gasteiger partial charge on any atom is 0.416 e. The van der Waals surface area contributed by atoms with Crippen molar-refractivity contribution < 1.29 is 18.0 Å². The Kier molecular flexibility index (Phi) is 5.08. The van der Waals surface area contributed by atoms with Crippen LogP contribution in [-0.2, 0) is 23.9 Å². The number of hydrogen-bond acceptors (Lipinski definition) is 3. The molecule has 1 aliphatic carbocycles. The number of nitrogens with two attached hydrogens (primary N) is 1. The van der Waals surface area contributed by atoms with Gasteiger partial charge in [-0.1, -0.05) is 6.07 Å². The maximum absolute atomic E-state index is 13.2. The third kappa shape index (κ3) is 3.67. The summed E-state index contributed by atoms with van der Waals surface area (Å²) >= 11 is 1.63. The van der Waals surface area contributed by atoms with E-state index in [-0.39, 0.29) is 18.5 Å². The summed E-state index contributed by atoms with van der Waals surface area (Å²) in [6.45, 7) is 0.812. The van der Waals surface area contributed by atoms with E-state index in [0.717, 1.165) is 24.5 Å². The number of carbonyl (C=O) groups is 1. The normalized spacial score (nSPS) is 26.6. The molecule has 1 aromatic carbocycles. The van der Waals surface area contributed by atoms with Crippen LogP contribution >= 0.6 is 11.8 Å². The predicted octanol–water partition coefficient (Wildman–Crippen LogP) is 3.45. The predicted molar refractivity (Wildman–Crippen MR) is 93.2 cm³/mol. The third-order valence-corrected chi connectivity index (χ3v) is 6.20. The van der Waals surface area contributed by atoms with Gasteiger partial charge in [-0.05, 0) is 55.2 Å². The first-order valence-electron chi connectivity index (χ1n) is 8.48. The van der Waals surface area contributed by atoms with Gasteiger partial charge < -0.3 is 10.6 Å². The lowest BCUT2D eigenvalue weighted by Crippen LogP contribution is -2.46. The molecular weight excluding hydrogens is 349 g/mol. The maximum atomic E-state index is 13.2. The lowest BCUT2D eigenvalue weighted by atomic mass is 9.85. The van der Waals surface area contributed by atoms with Crippen molar-refractivity contribution in [1.29, 1.82) is 0 Å². The molecule has 2 atom stereocenters. The lowest BCUT2D eigenvalue weighted by Gasteiger charge is -2.37. The van der Waals surface area contributed by atoms with Crippen molar-refractivity contribution in [3.05, 3.63) is 34.9 Å². The molecule has 2 aliphatic rings. The van der Waals surface area contributed by atoms with Gasteiger partial charge in [0.25, 0.3) is 0 Å². The molecule has 1 amide bonds. The minimum atomic E-state index is -4.36. The van der Waals surface area contributed by atoms with Crippen LogP contribution in [0.1, 0.15) is 36.0 Å². The topological polar surface area (TPSA) is 46.3 Å². The molecule has 0 aromatic heterocycles. The molecule has 0 spiro atoms. The molecule has 1 saturated carbocycles. The van der Waals surface area contributed by atoms with Gasteiger partial charge in [-0.25, -0.2) is 0 Å². The molecule has 3 nitrogen and oxygen atoms in total. The Bertz CT molecular complexity index is 660. The first kappa shape index (κ1) is 18.6. The van der Waals surface area contributed by atoms with Crippen LogP contribution in [0.5, 0.6) is 0 Å². The van der Waals surface area contributed by atoms with E-state index in [1.54, 1.807) is 22.7 Å². The quantitative estimate of drug-likeness (QED) is 0.884. The van der Waals surface area contributed by atoms with Crippen molar-refractivity contribution in [2.24, 2.45) is 11.1 Å². The van der Waals surface area contributed by atoms with Crippen LogP contribution in [0.25, 0.3) is 0 Å². The molecular formula is C18H23F3N2OS. The highest BCUT2D eigenvalue weighted by molar-refractivity contribution is 7.98. The van der Waals surface area contributed by atoms with E-state index < -0.39 is 17.2 Å². The Morgan fingerprint density at radius 2 is 2.16 bits per heavy atom. The van der Waals surface area contributed by atoms with E-state index in [9.17, 15) is 18.0 Å². The highest BCUT2D eigenvalue weighted by atomic mass is 32.2. The number of fused-ring (bicyclic) bond motifs is 1. The van der Waals surface area contributed by atoms with E-state index in [4.69, 9.17) is 5.73 Å². The molecule has 138 valence electrons. The number of nitrogens with zero attached hydrogens (tertiary/aromatic N) is 1. The first-order valence-corrected chi connectivity index (χ1v) is 9.87. The van der Waals surface area contributed by atoms with Crippen molar-refractivity contribution in [3.63, 3.8) is 0 Å². The molecule has 2 N–H and O–H groups in total. The van der Waals surface area contributed by atoms with Crippen LogP contribution in [0.3, 0.4) is 0 Å². The average molecular weight is 372 g/mol. The van der Waals surface area contributed by atoms with Gasteiger partial charge in [0.05, 0.1) is 11.0 Å². The third-order valence-electron chi connectivity index (χ3n) is 5.35. The fraction of sp³-hybridized carbons (Fsp3) is 0.611. The Balaban J connectivity index is 1.82. The number of alkyl halides is 3. The summed E-state index contributed by atoms with van der Waals surface area (Å²) < 4.78 is 38.9. The van der Waals surface area contributed by atoms with Gasteiger partial charge in [-0.3, -0.25) is 4.79 Å². The standard InChI is InChI=1S/C18H23F3N2OS/c1-25-11-17(6-4-15(22)9-17)16(24)23-7-5-12-2-3-14(18(19,20)21)8-13(12)10-23/h2-3,8,15H,4-7,9-11,22H2,1H3/t15-,17+/m1/s1. The zero-order chi connectivity index (χ0) is 18.2. The Morgan fingerprint density at radius 3 is 2.76 bits per heavy atom. The molecule has 0 radical (unpaired) electrons. The minimum Gasteiger partial charge on any atom is -0.338 e. The van der Waals surface area contributed by atoms with E-state index in [1.807, 2.05) is 6.26 Å². The van der Waals surface area contributed by atoms with Crippen molar-refractivity contribution in [2.45, 2.75) is 44.4 Å². The van der Waals surface area contributed by atoms with Crippen LogP contribution in [0.15, 0.2) is 18.2 Å². The summed E-state index contributed by atoms with van der Waals surface area (Å²) in [5.41, 5.74) is 6.45. The monoisotopic (exact) mass is 372 g/mol. The number of halogens is 3. The van der Waals surface area contributed by atoms with Crippen LogP contribution < -0.4 is 5.73 Å². The Hall–Kier alpha value is -1.21. The summed E-state index contributed by atoms with van der Waals surface area (Å²) in [5, 5.41) is 0. The largest absolute Gasteiger partial charge is 0.416 e. The highest BCUT2D eigenvalue weighted by Gasteiger charge is 2.46. The fourth-order valence-electron chi connectivity index (χ4n) is 4.07. The highest BCUT2D eigenvalue weighted by Crippen LogP contribution is 2.42. The van der Waals surface area contributed by atoms with Gasteiger partial charge in [-0.15, -0.1) is 0 Å². The summed E-state index contributed by atoms with van der Waals surface area (Å²) in [6.07, 6.45) is 0.466. The summed E-state index contributed by atoms with van der Waals surface area (Å²) in [4.78, 5) is 14.9. The Labute approximate surface area is 150 Å². The molecule has 1 heterocycles. The number of thioether (sulfide) groups is 1. The number of benzene rings is 1. The summed E-state index contributed by atoms with van der Waals surface area (Å²) in [5.74, 6) is 0.767. The van der Waals surface area contributed by atoms with Crippen molar-refractivity contribution >= 4 is 17.7 Å². The van der Waals surface area contributed by atoms with Gasteiger partial charge >= 0.3 is 6.18 Å². The molecule has 1 fully saturated rings. The summed E-state index contributed by atoms with van der Waals surface area (Å²) in [6, 6.07) is 3.89. The molecule has 1 aromatic rings. The van der Waals surface area contributed by atoms with Gasteiger partial charge in [0.2, 0.25) is 5.91 Å². The number of carbonyl (C=O) groups excluding carboxylic acids is 1. The zero-order valence-corrected chi connectivity index (χ0v) is 15.1. The van der Waals surface area contributed by atoms with E-state index in [2.05, 4.69) is 0 Å². The lowest BCUT2D eigenvalue weighted by molar-refractivity contribution is -0.141. The van der Waals surface area contributed by atoms with Crippen LogP contribution in [0.2, 0.25) is 0 Å². The van der Waals surface area contributed by atoms with E-state index in [0.29, 0.717) is 30.7 Å². The molecule has 0 saturated heterocycles. The van der Waals surface area contributed by atoms with Crippen molar-refractivity contribution in [2.75, 3.05) is 18.6 Å². The molecule has 0 bridgehead atoms. The second-order valence-corrected chi connectivity index (χ2v) is 8.04. The number of hydrogen-bond donors (Lipinski definition) is 1. The zero-order valence-electron chi connectivity index (χ0n) is 14.2. The molecule has 25 heavy (non-hydrogen) atoms. The second-order valence-electron chi connectivity index (χ2n) is 7.17.